The summed E-state index contributed by atoms with van der Waals surface area (Å²) in [4.78, 5) is 6.49. The van der Waals surface area contributed by atoms with Gasteiger partial charge in [-0.25, -0.2) is 0 Å². The lowest BCUT2D eigenvalue weighted by Crippen LogP contribution is -2.38. The molecule has 0 amide bonds. The first-order valence-electron chi connectivity index (χ1n) is 10.1. The Hall–Kier alpha value is -2.08. The number of hydrogen-bond acceptors (Lipinski definition) is 3. The number of nitrogens with zero attached hydrogens (tertiary/aromatic N) is 2. The van der Waals surface area contributed by atoms with Crippen molar-refractivity contribution >= 4 is 17.6 Å². The van der Waals surface area contributed by atoms with Gasteiger partial charge in [-0.1, -0.05) is 48.0 Å². The standard InChI is InChI=1S/C23H30ClN3O2/c1-25-23(27(2)16-19-7-9-21(24)10-8-19)26-15-18-3-5-20(6-4-18)17-29-22-11-13-28-14-12-22/h3-10,22H,11-17H2,1-2H3,(H,25,26). The van der Waals surface area contributed by atoms with Crippen molar-refractivity contribution in [2.45, 2.75) is 38.6 Å². The zero-order valence-corrected chi connectivity index (χ0v) is 18.0. The molecular formula is C23H30ClN3O2. The van der Waals surface area contributed by atoms with Crippen molar-refractivity contribution in [3.63, 3.8) is 0 Å². The Morgan fingerprint density at radius 2 is 1.69 bits per heavy atom. The van der Waals surface area contributed by atoms with Crippen molar-refractivity contribution in [1.82, 2.24) is 10.2 Å². The Morgan fingerprint density at radius 3 is 2.34 bits per heavy atom. The summed E-state index contributed by atoms with van der Waals surface area (Å²) in [5.74, 6) is 0.854. The minimum atomic E-state index is 0.324. The van der Waals surface area contributed by atoms with E-state index in [4.69, 9.17) is 21.1 Å². The third kappa shape index (κ3) is 7.03. The lowest BCUT2D eigenvalue weighted by molar-refractivity contribution is -0.0390. The summed E-state index contributed by atoms with van der Waals surface area (Å²) >= 11 is 5.96. The topological polar surface area (TPSA) is 46.1 Å². The fourth-order valence-corrected chi connectivity index (χ4v) is 3.44. The second-order valence-electron chi connectivity index (χ2n) is 7.32. The molecule has 6 heteroatoms. The molecule has 1 fully saturated rings. The number of nitrogens with one attached hydrogen (secondary N) is 1. The zero-order chi connectivity index (χ0) is 20.5. The maximum atomic E-state index is 5.99. The van der Waals surface area contributed by atoms with Crippen LogP contribution in [0.25, 0.3) is 0 Å². The average molecular weight is 416 g/mol. The number of rotatable bonds is 7. The van der Waals surface area contributed by atoms with E-state index in [1.54, 1.807) is 7.05 Å². The van der Waals surface area contributed by atoms with Crippen LogP contribution < -0.4 is 5.32 Å². The van der Waals surface area contributed by atoms with Crippen LogP contribution in [0, 0.1) is 0 Å². The van der Waals surface area contributed by atoms with Crippen LogP contribution >= 0.6 is 11.6 Å². The molecule has 1 heterocycles. The second kappa shape index (κ2) is 11.2. The number of hydrogen-bond donors (Lipinski definition) is 1. The summed E-state index contributed by atoms with van der Waals surface area (Å²) < 4.78 is 11.4. The number of aliphatic imine (C=N–C) groups is 1. The normalized spacial score (nSPS) is 15.3. The molecule has 156 valence electrons. The SMILES string of the molecule is CN=C(NCc1ccc(COC2CCOCC2)cc1)N(C)Cc1ccc(Cl)cc1. The van der Waals surface area contributed by atoms with Gasteiger partial charge in [-0.3, -0.25) is 4.99 Å². The summed E-state index contributed by atoms with van der Waals surface area (Å²) in [5, 5.41) is 4.18. The molecule has 1 aliphatic rings. The van der Waals surface area contributed by atoms with Crippen LogP contribution in [0.3, 0.4) is 0 Å². The minimum absolute atomic E-state index is 0.324. The van der Waals surface area contributed by atoms with Crippen molar-refractivity contribution in [3.8, 4) is 0 Å². The molecule has 0 bridgehead atoms. The Morgan fingerprint density at radius 1 is 1.07 bits per heavy atom. The summed E-state index contributed by atoms with van der Waals surface area (Å²) in [6, 6.07) is 16.4. The van der Waals surface area contributed by atoms with Gasteiger partial charge in [-0.15, -0.1) is 0 Å². The summed E-state index contributed by atoms with van der Waals surface area (Å²) in [6.07, 6.45) is 2.31. The zero-order valence-electron chi connectivity index (χ0n) is 17.2. The highest BCUT2D eigenvalue weighted by Gasteiger charge is 2.14. The van der Waals surface area contributed by atoms with E-state index in [0.717, 1.165) is 50.1 Å². The van der Waals surface area contributed by atoms with Crippen LogP contribution in [0.1, 0.15) is 29.5 Å². The molecule has 3 rings (SSSR count). The monoisotopic (exact) mass is 415 g/mol. The van der Waals surface area contributed by atoms with Crippen LogP contribution in [0.2, 0.25) is 5.02 Å². The van der Waals surface area contributed by atoms with Gasteiger partial charge in [0, 0.05) is 45.4 Å². The van der Waals surface area contributed by atoms with Crippen molar-refractivity contribution in [2.24, 2.45) is 4.99 Å². The fraction of sp³-hybridized carbons (Fsp3) is 0.435. The van der Waals surface area contributed by atoms with Gasteiger partial charge < -0.3 is 19.7 Å². The number of benzene rings is 2. The first-order chi connectivity index (χ1) is 14.1. The smallest absolute Gasteiger partial charge is 0.193 e. The lowest BCUT2D eigenvalue weighted by atomic mass is 10.1. The van der Waals surface area contributed by atoms with Gasteiger partial charge in [0.05, 0.1) is 12.7 Å². The van der Waals surface area contributed by atoms with Crippen LogP contribution in [-0.4, -0.2) is 44.3 Å². The second-order valence-corrected chi connectivity index (χ2v) is 7.76. The van der Waals surface area contributed by atoms with Gasteiger partial charge in [-0.2, -0.15) is 0 Å². The number of ether oxygens (including phenoxy) is 2. The molecule has 1 N–H and O–H groups in total. The van der Waals surface area contributed by atoms with Crippen molar-refractivity contribution in [1.29, 1.82) is 0 Å². The third-order valence-corrected chi connectivity index (χ3v) is 5.29. The third-order valence-electron chi connectivity index (χ3n) is 5.03. The molecule has 0 radical (unpaired) electrons. The van der Waals surface area contributed by atoms with E-state index in [1.165, 1.54) is 16.7 Å². The van der Waals surface area contributed by atoms with Crippen LogP contribution in [0.15, 0.2) is 53.5 Å². The molecular weight excluding hydrogens is 386 g/mol. The Bertz CT molecular complexity index is 772. The molecule has 0 aromatic heterocycles. The molecule has 2 aromatic carbocycles. The molecule has 1 aliphatic heterocycles. The van der Waals surface area contributed by atoms with Crippen LogP contribution in [-0.2, 0) is 29.2 Å². The number of guanidine groups is 1. The van der Waals surface area contributed by atoms with E-state index < -0.39 is 0 Å². The predicted octanol–water partition coefficient (Wildman–Crippen LogP) is 4.24. The molecule has 2 aromatic rings. The molecule has 0 atom stereocenters. The molecule has 29 heavy (non-hydrogen) atoms. The largest absolute Gasteiger partial charge is 0.381 e. The van der Waals surface area contributed by atoms with Crippen molar-refractivity contribution < 1.29 is 9.47 Å². The highest BCUT2D eigenvalue weighted by atomic mass is 35.5. The first-order valence-corrected chi connectivity index (χ1v) is 10.4. The Kier molecular flexibility index (Phi) is 8.35. The fourth-order valence-electron chi connectivity index (χ4n) is 3.31. The van der Waals surface area contributed by atoms with E-state index >= 15 is 0 Å². The van der Waals surface area contributed by atoms with E-state index in [0.29, 0.717) is 12.7 Å². The molecule has 0 unspecified atom stereocenters. The van der Waals surface area contributed by atoms with Gasteiger partial charge in [0.25, 0.3) is 0 Å². The highest BCUT2D eigenvalue weighted by molar-refractivity contribution is 6.30. The molecule has 0 aliphatic carbocycles. The quantitative estimate of drug-likeness (QED) is 0.542. The minimum Gasteiger partial charge on any atom is -0.381 e. The first kappa shape index (κ1) is 21.6. The van der Waals surface area contributed by atoms with Crippen LogP contribution in [0.5, 0.6) is 0 Å². The Balaban J connectivity index is 1.45. The van der Waals surface area contributed by atoms with E-state index in [2.05, 4.69) is 39.5 Å². The highest BCUT2D eigenvalue weighted by Crippen LogP contribution is 2.14. The number of halogens is 1. The predicted molar refractivity (Wildman–Crippen MR) is 118 cm³/mol. The summed E-state index contributed by atoms with van der Waals surface area (Å²) in [5.41, 5.74) is 3.60. The van der Waals surface area contributed by atoms with E-state index in [-0.39, 0.29) is 0 Å². The molecule has 1 saturated heterocycles. The van der Waals surface area contributed by atoms with Crippen molar-refractivity contribution in [2.75, 3.05) is 27.3 Å². The van der Waals surface area contributed by atoms with Gasteiger partial charge in [0.2, 0.25) is 0 Å². The van der Waals surface area contributed by atoms with E-state index in [9.17, 15) is 0 Å². The average Bonchev–Trinajstić information content (AvgIpc) is 2.76. The maximum absolute atomic E-state index is 5.99. The van der Waals surface area contributed by atoms with Gasteiger partial charge in [0.1, 0.15) is 0 Å². The summed E-state index contributed by atoms with van der Waals surface area (Å²) in [7, 11) is 3.83. The summed E-state index contributed by atoms with van der Waals surface area (Å²) in [6.45, 7) is 3.76. The maximum Gasteiger partial charge on any atom is 0.193 e. The van der Waals surface area contributed by atoms with Crippen LogP contribution in [0.4, 0.5) is 0 Å². The van der Waals surface area contributed by atoms with Gasteiger partial charge in [-0.05, 0) is 41.7 Å². The lowest BCUT2D eigenvalue weighted by Gasteiger charge is -2.23. The van der Waals surface area contributed by atoms with Crippen molar-refractivity contribution in [3.05, 3.63) is 70.2 Å². The molecule has 0 saturated carbocycles. The van der Waals surface area contributed by atoms with E-state index in [1.807, 2.05) is 31.3 Å². The molecule has 5 nitrogen and oxygen atoms in total. The Labute approximate surface area is 178 Å². The van der Waals surface area contributed by atoms with Gasteiger partial charge >= 0.3 is 0 Å². The van der Waals surface area contributed by atoms with Gasteiger partial charge in [0.15, 0.2) is 5.96 Å². The molecule has 0 spiro atoms.